The van der Waals surface area contributed by atoms with Crippen molar-refractivity contribution in [1.82, 2.24) is 10.2 Å². The van der Waals surface area contributed by atoms with E-state index in [1.165, 1.54) is 5.56 Å². The number of carbonyl (C=O) groups is 2. The number of ether oxygens (including phenoxy) is 2. The van der Waals surface area contributed by atoms with E-state index in [1.54, 1.807) is 4.90 Å². The van der Waals surface area contributed by atoms with Crippen molar-refractivity contribution < 1.29 is 19.1 Å². The summed E-state index contributed by atoms with van der Waals surface area (Å²) < 4.78 is 11.1. The van der Waals surface area contributed by atoms with Crippen molar-refractivity contribution in [3.05, 3.63) is 94.0 Å². The van der Waals surface area contributed by atoms with Gasteiger partial charge in [0.25, 0.3) is 5.91 Å². The second kappa shape index (κ2) is 8.77. The van der Waals surface area contributed by atoms with Gasteiger partial charge in [0, 0.05) is 18.5 Å². The van der Waals surface area contributed by atoms with E-state index in [2.05, 4.69) is 11.4 Å². The van der Waals surface area contributed by atoms with Gasteiger partial charge in [-0.05, 0) is 72.7 Å². The van der Waals surface area contributed by atoms with Crippen molar-refractivity contribution >= 4 is 11.8 Å². The minimum absolute atomic E-state index is 0.115. The number of hydrogen-bond donors (Lipinski definition) is 1. The van der Waals surface area contributed by atoms with Crippen LogP contribution < -0.4 is 14.8 Å². The molecule has 0 radical (unpaired) electrons. The summed E-state index contributed by atoms with van der Waals surface area (Å²) in [5.74, 6) is 1.27. The fraction of sp³-hybridized carbons (Fsp3) is 0.310. The number of nitrogens with one attached hydrogen (secondary N) is 1. The summed E-state index contributed by atoms with van der Waals surface area (Å²) in [6.45, 7) is 2.64. The highest BCUT2D eigenvalue weighted by Crippen LogP contribution is 2.40. The standard InChI is InChI=1S/C29H28N2O4/c1-18-9-11-19(12-10-18)29(33)31-16-22-6-3-2-5-20(22)13-25(31)28(32)30-24-8-4-7-21-14-26-27(15-23(21)24)35-17-34-26/h2-3,5-6,9-12,14-15,24-25H,4,7-8,13,16-17H2,1H3,(H,30,32). The first kappa shape index (κ1) is 21.7. The molecule has 3 aliphatic rings. The molecule has 0 spiro atoms. The highest BCUT2D eigenvalue weighted by Gasteiger charge is 2.36. The minimum atomic E-state index is -0.571. The van der Waals surface area contributed by atoms with Gasteiger partial charge in [0.05, 0.1) is 6.04 Å². The molecule has 0 saturated heterocycles. The van der Waals surface area contributed by atoms with E-state index in [-0.39, 0.29) is 24.6 Å². The lowest BCUT2D eigenvalue weighted by molar-refractivity contribution is -0.127. The van der Waals surface area contributed by atoms with Crippen molar-refractivity contribution in [2.75, 3.05) is 6.79 Å². The number of fused-ring (bicyclic) bond motifs is 3. The van der Waals surface area contributed by atoms with Gasteiger partial charge in [-0.3, -0.25) is 9.59 Å². The molecule has 2 unspecified atom stereocenters. The van der Waals surface area contributed by atoms with Crippen LogP contribution in [0.15, 0.2) is 60.7 Å². The maximum Gasteiger partial charge on any atom is 0.254 e. The summed E-state index contributed by atoms with van der Waals surface area (Å²) in [7, 11) is 0. The monoisotopic (exact) mass is 468 g/mol. The van der Waals surface area contributed by atoms with Crippen molar-refractivity contribution in [3.8, 4) is 11.5 Å². The van der Waals surface area contributed by atoms with Gasteiger partial charge in [0.15, 0.2) is 11.5 Å². The summed E-state index contributed by atoms with van der Waals surface area (Å²) >= 11 is 0. The lowest BCUT2D eigenvalue weighted by Crippen LogP contribution is -2.53. The van der Waals surface area contributed by atoms with Crippen LogP contribution in [-0.4, -0.2) is 29.5 Å². The van der Waals surface area contributed by atoms with E-state index in [1.807, 2.05) is 61.5 Å². The molecule has 2 heterocycles. The maximum absolute atomic E-state index is 13.8. The maximum atomic E-state index is 13.8. The van der Waals surface area contributed by atoms with Crippen LogP contribution in [0.5, 0.6) is 11.5 Å². The average molecular weight is 469 g/mol. The first-order valence-corrected chi connectivity index (χ1v) is 12.2. The van der Waals surface area contributed by atoms with Crippen molar-refractivity contribution in [3.63, 3.8) is 0 Å². The summed E-state index contributed by atoms with van der Waals surface area (Å²) in [4.78, 5) is 29.1. The van der Waals surface area contributed by atoms with Crippen LogP contribution in [0.4, 0.5) is 0 Å². The lowest BCUT2D eigenvalue weighted by Gasteiger charge is -2.37. The number of nitrogens with zero attached hydrogens (tertiary/aromatic N) is 1. The molecule has 0 fully saturated rings. The molecule has 6 nitrogen and oxygen atoms in total. The highest BCUT2D eigenvalue weighted by molar-refractivity contribution is 5.98. The number of rotatable bonds is 3. The molecule has 2 aliphatic heterocycles. The zero-order valence-corrected chi connectivity index (χ0v) is 19.8. The van der Waals surface area contributed by atoms with Gasteiger partial charge >= 0.3 is 0 Å². The normalized spacial score (nSPS) is 20.1. The molecule has 0 aromatic heterocycles. The molecule has 1 aliphatic carbocycles. The van der Waals surface area contributed by atoms with Crippen LogP contribution in [0.3, 0.4) is 0 Å². The van der Waals surface area contributed by atoms with Crippen molar-refractivity contribution in [2.45, 2.75) is 51.2 Å². The van der Waals surface area contributed by atoms with Gasteiger partial charge in [-0.15, -0.1) is 0 Å². The second-order valence-corrected chi connectivity index (χ2v) is 9.65. The molecule has 0 saturated carbocycles. The lowest BCUT2D eigenvalue weighted by atomic mass is 9.86. The summed E-state index contributed by atoms with van der Waals surface area (Å²) in [6.07, 6.45) is 3.29. The van der Waals surface area contributed by atoms with E-state index >= 15 is 0 Å². The molecule has 0 bridgehead atoms. The number of carbonyl (C=O) groups excluding carboxylic acids is 2. The van der Waals surface area contributed by atoms with Gasteiger partial charge in [-0.25, -0.2) is 0 Å². The second-order valence-electron chi connectivity index (χ2n) is 9.65. The largest absolute Gasteiger partial charge is 0.454 e. The zero-order chi connectivity index (χ0) is 23.9. The fourth-order valence-corrected chi connectivity index (χ4v) is 5.44. The van der Waals surface area contributed by atoms with E-state index in [0.29, 0.717) is 18.5 Å². The Morgan fingerprint density at radius 3 is 2.49 bits per heavy atom. The molecular weight excluding hydrogens is 440 g/mol. The topological polar surface area (TPSA) is 67.9 Å². The molecular formula is C29H28N2O4. The van der Waals surface area contributed by atoms with Gasteiger partial charge < -0.3 is 19.7 Å². The van der Waals surface area contributed by atoms with Crippen LogP contribution in [0, 0.1) is 6.92 Å². The Kier molecular flexibility index (Phi) is 5.44. The average Bonchev–Trinajstić information content (AvgIpc) is 3.34. The van der Waals surface area contributed by atoms with E-state index < -0.39 is 6.04 Å². The predicted octanol–water partition coefficient (Wildman–Crippen LogP) is 4.48. The Bertz CT molecular complexity index is 1300. The molecule has 3 aromatic rings. The third-order valence-corrected chi connectivity index (χ3v) is 7.38. The van der Waals surface area contributed by atoms with Gasteiger partial charge in [0.2, 0.25) is 12.7 Å². The van der Waals surface area contributed by atoms with Crippen molar-refractivity contribution in [1.29, 1.82) is 0 Å². The third-order valence-electron chi connectivity index (χ3n) is 7.38. The first-order valence-electron chi connectivity index (χ1n) is 12.2. The van der Waals surface area contributed by atoms with Gasteiger partial charge in [-0.1, -0.05) is 42.0 Å². The van der Waals surface area contributed by atoms with E-state index in [4.69, 9.17) is 9.47 Å². The van der Waals surface area contributed by atoms with Crippen LogP contribution in [0.25, 0.3) is 0 Å². The van der Waals surface area contributed by atoms with Gasteiger partial charge in [-0.2, -0.15) is 0 Å². The Morgan fingerprint density at radius 2 is 1.69 bits per heavy atom. The number of aryl methyl sites for hydroxylation is 2. The Labute approximate surface area is 204 Å². The number of hydrogen-bond acceptors (Lipinski definition) is 4. The summed E-state index contributed by atoms with van der Waals surface area (Å²) in [5.41, 5.74) is 6.18. The van der Waals surface area contributed by atoms with Crippen LogP contribution >= 0.6 is 0 Å². The molecule has 2 amide bonds. The molecule has 1 N–H and O–H groups in total. The fourth-order valence-electron chi connectivity index (χ4n) is 5.44. The van der Waals surface area contributed by atoms with Crippen molar-refractivity contribution in [2.24, 2.45) is 0 Å². The number of amides is 2. The number of benzene rings is 3. The van der Waals surface area contributed by atoms with E-state index in [0.717, 1.165) is 53.0 Å². The van der Waals surface area contributed by atoms with Crippen LogP contribution in [0.2, 0.25) is 0 Å². The minimum Gasteiger partial charge on any atom is -0.454 e. The molecule has 6 rings (SSSR count). The Hall–Kier alpha value is -3.80. The quantitative estimate of drug-likeness (QED) is 0.615. The SMILES string of the molecule is Cc1ccc(C(=O)N2Cc3ccccc3CC2C(=O)NC2CCCc3cc4c(cc32)OCO4)cc1. The molecule has 6 heteroatoms. The van der Waals surface area contributed by atoms with Crippen LogP contribution in [-0.2, 0) is 24.2 Å². The van der Waals surface area contributed by atoms with Gasteiger partial charge in [0.1, 0.15) is 6.04 Å². The third kappa shape index (κ3) is 4.03. The Morgan fingerprint density at radius 1 is 0.943 bits per heavy atom. The Balaban J connectivity index is 1.29. The molecule has 3 aromatic carbocycles. The molecule has 2 atom stereocenters. The van der Waals surface area contributed by atoms with Crippen LogP contribution in [0.1, 0.15) is 57.1 Å². The zero-order valence-electron chi connectivity index (χ0n) is 19.8. The summed E-state index contributed by atoms with van der Waals surface area (Å²) in [6, 6.07) is 19.0. The molecule has 35 heavy (non-hydrogen) atoms. The summed E-state index contributed by atoms with van der Waals surface area (Å²) in [5, 5.41) is 3.28. The smallest absolute Gasteiger partial charge is 0.254 e. The predicted molar refractivity (Wildman–Crippen MR) is 131 cm³/mol. The van der Waals surface area contributed by atoms with E-state index in [9.17, 15) is 9.59 Å². The first-order chi connectivity index (χ1) is 17.1. The molecule has 178 valence electrons. The highest BCUT2D eigenvalue weighted by atomic mass is 16.7.